The van der Waals surface area contributed by atoms with E-state index in [-0.39, 0.29) is 17.5 Å². The molecule has 0 heterocycles. The van der Waals surface area contributed by atoms with Gasteiger partial charge in [-0.05, 0) is 48.2 Å². The Kier molecular flexibility index (Phi) is 7.81. The van der Waals surface area contributed by atoms with E-state index in [1.807, 2.05) is 25.1 Å². The molecule has 3 aromatic carbocycles. The Morgan fingerprint density at radius 3 is 2.27 bits per heavy atom. The van der Waals surface area contributed by atoms with E-state index in [0.717, 1.165) is 17.5 Å². The molecule has 3 rings (SSSR count). The molecule has 0 aromatic heterocycles. The lowest BCUT2D eigenvalue weighted by Crippen LogP contribution is -2.27. The monoisotopic (exact) mass is 445 g/mol. The van der Waals surface area contributed by atoms with Crippen molar-refractivity contribution in [3.05, 3.63) is 83.9 Å². The van der Waals surface area contributed by atoms with E-state index < -0.39 is 12.1 Å². The lowest BCUT2D eigenvalue weighted by Gasteiger charge is -2.19. The van der Waals surface area contributed by atoms with Gasteiger partial charge in [-0.1, -0.05) is 61.9 Å². The minimum atomic E-state index is -1.05. The topological polar surface area (TPSA) is 125 Å². The molecule has 0 fully saturated rings. The van der Waals surface area contributed by atoms with Crippen molar-refractivity contribution < 1.29 is 19.4 Å². The number of unbranched alkanes of at least 4 members (excludes halogenated alkanes) is 1. The van der Waals surface area contributed by atoms with Crippen molar-refractivity contribution in [2.45, 2.75) is 32.3 Å². The molecule has 0 radical (unpaired) electrons. The van der Waals surface area contributed by atoms with E-state index in [4.69, 9.17) is 15.9 Å². The number of amidine groups is 1. The van der Waals surface area contributed by atoms with Crippen LogP contribution in [0.25, 0.3) is 11.1 Å². The molecule has 1 amide bonds. The van der Waals surface area contributed by atoms with Crippen molar-refractivity contribution in [3.63, 3.8) is 0 Å². The van der Waals surface area contributed by atoms with Crippen LogP contribution in [0.5, 0.6) is 5.75 Å². The molecule has 0 aliphatic rings. The smallest absolute Gasteiger partial charge is 0.344 e. The van der Waals surface area contributed by atoms with Crippen molar-refractivity contribution >= 4 is 23.4 Å². The van der Waals surface area contributed by atoms with Gasteiger partial charge in [-0.3, -0.25) is 10.2 Å². The van der Waals surface area contributed by atoms with Crippen LogP contribution in [0.2, 0.25) is 0 Å². The molecule has 0 spiro atoms. The fourth-order valence-electron chi connectivity index (χ4n) is 3.31. The van der Waals surface area contributed by atoms with Crippen LogP contribution in [0.4, 0.5) is 5.69 Å². The average molecular weight is 446 g/mol. The van der Waals surface area contributed by atoms with Gasteiger partial charge < -0.3 is 20.9 Å². The van der Waals surface area contributed by atoms with Gasteiger partial charge in [-0.2, -0.15) is 0 Å². The number of benzene rings is 3. The molecule has 0 aliphatic heterocycles. The maximum atomic E-state index is 12.8. The van der Waals surface area contributed by atoms with E-state index in [1.165, 1.54) is 0 Å². The molecule has 0 aliphatic carbocycles. The number of hydrogen-bond donors (Lipinski definition) is 4. The van der Waals surface area contributed by atoms with Gasteiger partial charge in [0.25, 0.3) is 5.91 Å². The zero-order valence-electron chi connectivity index (χ0n) is 18.4. The van der Waals surface area contributed by atoms with Gasteiger partial charge in [-0.25, -0.2) is 4.79 Å². The number of nitrogens with two attached hydrogens (primary N) is 1. The molecular formula is C26H27N3O4. The van der Waals surface area contributed by atoms with Crippen molar-refractivity contribution in [3.8, 4) is 16.9 Å². The maximum Gasteiger partial charge on any atom is 0.344 e. The molecule has 0 bridgehead atoms. The van der Waals surface area contributed by atoms with Crippen LogP contribution < -0.4 is 15.8 Å². The minimum absolute atomic E-state index is 0.0205. The summed E-state index contributed by atoms with van der Waals surface area (Å²) in [7, 11) is 0. The molecule has 1 atom stereocenters. The fraction of sp³-hybridized carbons (Fsp3) is 0.192. The summed E-state index contributed by atoms with van der Waals surface area (Å²) in [5.41, 5.74) is 8.63. The van der Waals surface area contributed by atoms with Crippen LogP contribution in [-0.4, -0.2) is 28.9 Å². The third-order valence-corrected chi connectivity index (χ3v) is 5.16. The molecule has 7 nitrogen and oxygen atoms in total. The van der Waals surface area contributed by atoms with Crippen molar-refractivity contribution in [1.29, 1.82) is 5.41 Å². The number of carbonyl (C=O) groups excluding carboxylic acids is 1. The van der Waals surface area contributed by atoms with Crippen LogP contribution in [-0.2, 0) is 4.79 Å². The average Bonchev–Trinajstić information content (AvgIpc) is 2.82. The highest BCUT2D eigenvalue weighted by Gasteiger charge is 2.21. The predicted molar refractivity (Wildman–Crippen MR) is 129 cm³/mol. The number of aliphatic carboxylic acids is 1. The van der Waals surface area contributed by atoms with Gasteiger partial charge in [0.1, 0.15) is 11.6 Å². The van der Waals surface area contributed by atoms with Crippen LogP contribution in [0, 0.1) is 5.41 Å². The molecule has 0 saturated heterocycles. The lowest BCUT2D eigenvalue weighted by atomic mass is 10.0. The zero-order chi connectivity index (χ0) is 23.8. The second-order valence-corrected chi connectivity index (χ2v) is 7.61. The Morgan fingerprint density at radius 1 is 1.00 bits per heavy atom. The SMILES string of the molecule is CCCCC(Oc1ccc(-c2ccc(C(=N)N)cc2)cc1NC(=O)c1ccccc1)C(=O)O. The number of carbonyl (C=O) groups is 2. The summed E-state index contributed by atoms with van der Waals surface area (Å²) in [6, 6.07) is 21.1. The first-order valence-corrected chi connectivity index (χ1v) is 10.7. The van der Waals surface area contributed by atoms with Crippen molar-refractivity contribution in [2.24, 2.45) is 5.73 Å². The molecule has 0 saturated carbocycles. The summed E-state index contributed by atoms with van der Waals surface area (Å²) < 4.78 is 5.83. The summed E-state index contributed by atoms with van der Waals surface area (Å²) in [6.45, 7) is 1.98. The second-order valence-electron chi connectivity index (χ2n) is 7.61. The Bertz CT molecular complexity index is 1130. The highest BCUT2D eigenvalue weighted by Crippen LogP contribution is 2.32. The van der Waals surface area contributed by atoms with Gasteiger partial charge in [0, 0.05) is 11.1 Å². The molecular weight excluding hydrogens is 418 g/mol. The number of nitrogens with one attached hydrogen (secondary N) is 2. The molecule has 33 heavy (non-hydrogen) atoms. The zero-order valence-corrected chi connectivity index (χ0v) is 18.4. The van der Waals surface area contributed by atoms with E-state index >= 15 is 0 Å². The fourth-order valence-corrected chi connectivity index (χ4v) is 3.31. The predicted octanol–water partition coefficient (Wildman–Crippen LogP) is 4.91. The number of ether oxygens (including phenoxy) is 1. The summed E-state index contributed by atoms with van der Waals surface area (Å²) in [4.78, 5) is 24.5. The minimum Gasteiger partial charge on any atom is -0.479 e. The molecule has 3 aromatic rings. The highest BCUT2D eigenvalue weighted by molar-refractivity contribution is 6.05. The van der Waals surface area contributed by atoms with Crippen LogP contribution in [0.3, 0.4) is 0 Å². The van der Waals surface area contributed by atoms with E-state index in [1.54, 1.807) is 54.6 Å². The molecule has 7 heteroatoms. The molecule has 1 unspecified atom stereocenters. The summed E-state index contributed by atoms with van der Waals surface area (Å²) in [5.74, 6) is -1.11. The van der Waals surface area contributed by atoms with Crippen LogP contribution in [0.1, 0.15) is 42.1 Å². The highest BCUT2D eigenvalue weighted by atomic mass is 16.5. The maximum absolute atomic E-state index is 12.8. The first-order valence-electron chi connectivity index (χ1n) is 10.7. The number of carboxylic acid groups (broad SMARTS) is 1. The van der Waals surface area contributed by atoms with Gasteiger partial charge in [0.2, 0.25) is 0 Å². The first-order chi connectivity index (χ1) is 15.9. The third kappa shape index (κ3) is 6.20. The van der Waals surface area contributed by atoms with Crippen molar-refractivity contribution in [2.75, 3.05) is 5.32 Å². The quantitative estimate of drug-likeness (QED) is 0.261. The Hall–Kier alpha value is -4.13. The van der Waals surface area contributed by atoms with Crippen LogP contribution in [0.15, 0.2) is 72.8 Å². The standard InChI is InChI=1S/C26H27N3O4/c1-2-3-9-23(26(31)32)33-22-15-14-20(17-10-12-18(13-11-17)24(27)28)16-21(22)29-25(30)19-7-5-4-6-8-19/h4-8,10-16,23H,2-3,9H2,1H3,(H3,27,28)(H,29,30)(H,31,32). The molecule has 5 N–H and O–H groups in total. The van der Waals surface area contributed by atoms with Crippen LogP contribution >= 0.6 is 0 Å². The first kappa shape index (κ1) is 23.5. The normalized spacial score (nSPS) is 11.4. The van der Waals surface area contributed by atoms with Gasteiger partial charge in [0.15, 0.2) is 6.10 Å². The second kappa shape index (κ2) is 10.9. The lowest BCUT2D eigenvalue weighted by molar-refractivity contribution is -0.145. The van der Waals surface area contributed by atoms with E-state index in [0.29, 0.717) is 29.7 Å². The Morgan fingerprint density at radius 2 is 1.67 bits per heavy atom. The van der Waals surface area contributed by atoms with Crippen molar-refractivity contribution in [1.82, 2.24) is 0 Å². The number of anilines is 1. The van der Waals surface area contributed by atoms with E-state index in [2.05, 4.69) is 5.32 Å². The van der Waals surface area contributed by atoms with Gasteiger partial charge >= 0.3 is 5.97 Å². The van der Waals surface area contributed by atoms with Gasteiger partial charge in [0.05, 0.1) is 5.69 Å². The number of carboxylic acids is 1. The third-order valence-electron chi connectivity index (χ3n) is 5.16. The molecule has 170 valence electrons. The number of nitrogen functional groups attached to an aromatic ring is 1. The van der Waals surface area contributed by atoms with E-state index in [9.17, 15) is 14.7 Å². The largest absolute Gasteiger partial charge is 0.479 e. The summed E-state index contributed by atoms with van der Waals surface area (Å²) >= 11 is 0. The number of amides is 1. The summed E-state index contributed by atoms with van der Waals surface area (Å²) in [5, 5.41) is 20.0. The van der Waals surface area contributed by atoms with Gasteiger partial charge in [-0.15, -0.1) is 0 Å². The number of hydrogen-bond acceptors (Lipinski definition) is 4. The Balaban J connectivity index is 1.96. The number of rotatable bonds is 10. The Labute approximate surface area is 192 Å². The summed E-state index contributed by atoms with van der Waals surface area (Å²) in [6.07, 6.45) is 0.910.